The number of nitrogens with one attached hydrogen (secondary N) is 1. The third kappa shape index (κ3) is 5.37. The molecular formula is C20H27NO5S. The Balaban J connectivity index is 2.06. The standard InChI is InChI=1S/C20H27NO5S/c1-20(2,3)16-8-6-7-9-17(16)26-13-12-21-27(22,23)19-14-15(24-4)10-11-18(19)25-5/h6-11,14,21H,12-13H2,1-5H3. The van der Waals surface area contributed by atoms with Gasteiger partial charge < -0.3 is 14.2 Å². The van der Waals surface area contributed by atoms with Gasteiger partial charge >= 0.3 is 0 Å². The molecule has 0 aliphatic heterocycles. The van der Waals surface area contributed by atoms with Crippen molar-refractivity contribution in [2.45, 2.75) is 31.1 Å². The minimum atomic E-state index is -3.76. The second kappa shape index (κ2) is 8.63. The van der Waals surface area contributed by atoms with E-state index in [-0.39, 0.29) is 29.2 Å². The molecule has 2 aromatic rings. The average Bonchev–Trinajstić information content (AvgIpc) is 2.64. The lowest BCUT2D eigenvalue weighted by atomic mass is 9.86. The van der Waals surface area contributed by atoms with Crippen molar-refractivity contribution in [3.63, 3.8) is 0 Å². The largest absolute Gasteiger partial charge is 0.497 e. The molecule has 0 aliphatic rings. The van der Waals surface area contributed by atoms with Crippen LogP contribution in [-0.2, 0) is 15.4 Å². The molecule has 27 heavy (non-hydrogen) atoms. The fourth-order valence-corrected chi connectivity index (χ4v) is 3.82. The smallest absolute Gasteiger partial charge is 0.244 e. The number of benzene rings is 2. The fraction of sp³-hybridized carbons (Fsp3) is 0.400. The summed E-state index contributed by atoms with van der Waals surface area (Å²) in [6.07, 6.45) is 0. The maximum atomic E-state index is 12.6. The molecular weight excluding hydrogens is 366 g/mol. The summed E-state index contributed by atoms with van der Waals surface area (Å²) >= 11 is 0. The SMILES string of the molecule is COc1ccc(OC)c(S(=O)(=O)NCCOc2ccccc2C(C)(C)C)c1. The van der Waals surface area contributed by atoms with Gasteiger partial charge in [0, 0.05) is 12.6 Å². The van der Waals surface area contributed by atoms with Crippen molar-refractivity contribution in [1.29, 1.82) is 0 Å². The van der Waals surface area contributed by atoms with E-state index in [0.717, 1.165) is 11.3 Å². The molecule has 0 aromatic heterocycles. The van der Waals surface area contributed by atoms with Crippen LogP contribution in [0.2, 0.25) is 0 Å². The molecule has 0 atom stereocenters. The Morgan fingerprint density at radius 3 is 2.30 bits per heavy atom. The molecule has 0 unspecified atom stereocenters. The number of hydrogen-bond donors (Lipinski definition) is 1. The number of ether oxygens (including phenoxy) is 3. The first-order valence-electron chi connectivity index (χ1n) is 8.63. The molecule has 0 spiro atoms. The van der Waals surface area contributed by atoms with E-state index in [1.165, 1.54) is 20.3 Å². The molecule has 0 saturated carbocycles. The van der Waals surface area contributed by atoms with Crippen LogP contribution in [0.25, 0.3) is 0 Å². The molecule has 7 heteroatoms. The normalized spacial score (nSPS) is 11.9. The molecule has 6 nitrogen and oxygen atoms in total. The maximum Gasteiger partial charge on any atom is 0.244 e. The molecule has 0 saturated heterocycles. The minimum Gasteiger partial charge on any atom is -0.497 e. The Kier molecular flexibility index (Phi) is 6.73. The molecule has 0 fully saturated rings. The Labute approximate surface area is 161 Å². The van der Waals surface area contributed by atoms with Gasteiger partial charge in [-0.25, -0.2) is 13.1 Å². The van der Waals surface area contributed by atoms with Gasteiger partial charge in [-0.1, -0.05) is 39.0 Å². The van der Waals surface area contributed by atoms with Crippen molar-refractivity contribution in [2.75, 3.05) is 27.4 Å². The van der Waals surface area contributed by atoms with Crippen LogP contribution in [0.4, 0.5) is 0 Å². The predicted octanol–water partition coefficient (Wildman–Crippen LogP) is 3.36. The summed E-state index contributed by atoms with van der Waals surface area (Å²) in [6.45, 7) is 6.65. The summed E-state index contributed by atoms with van der Waals surface area (Å²) in [5.41, 5.74) is 1.01. The molecule has 0 radical (unpaired) electrons. The fourth-order valence-electron chi connectivity index (χ4n) is 2.62. The van der Waals surface area contributed by atoms with Gasteiger partial charge in [-0.15, -0.1) is 0 Å². The number of hydrogen-bond acceptors (Lipinski definition) is 5. The van der Waals surface area contributed by atoms with Crippen LogP contribution in [0, 0.1) is 0 Å². The van der Waals surface area contributed by atoms with Gasteiger partial charge in [-0.3, -0.25) is 0 Å². The van der Waals surface area contributed by atoms with Gasteiger partial charge in [-0.2, -0.15) is 0 Å². The summed E-state index contributed by atoms with van der Waals surface area (Å²) in [7, 11) is -0.861. The van der Waals surface area contributed by atoms with Crippen molar-refractivity contribution in [1.82, 2.24) is 4.72 Å². The lowest BCUT2D eigenvalue weighted by Crippen LogP contribution is -2.29. The van der Waals surface area contributed by atoms with Crippen molar-refractivity contribution >= 4 is 10.0 Å². The third-order valence-electron chi connectivity index (χ3n) is 4.01. The highest BCUT2D eigenvalue weighted by Crippen LogP contribution is 2.31. The summed E-state index contributed by atoms with van der Waals surface area (Å²) in [6, 6.07) is 12.4. The molecule has 2 aromatic carbocycles. The Bertz CT molecular complexity index is 872. The van der Waals surface area contributed by atoms with E-state index in [1.54, 1.807) is 12.1 Å². The highest BCUT2D eigenvalue weighted by molar-refractivity contribution is 7.89. The van der Waals surface area contributed by atoms with Crippen LogP contribution in [0.5, 0.6) is 17.2 Å². The highest BCUT2D eigenvalue weighted by Gasteiger charge is 2.21. The molecule has 0 heterocycles. The zero-order valence-corrected chi connectivity index (χ0v) is 17.2. The summed E-state index contributed by atoms with van der Waals surface area (Å²) in [5.74, 6) is 1.44. The van der Waals surface area contributed by atoms with E-state index in [9.17, 15) is 8.42 Å². The van der Waals surface area contributed by atoms with Crippen molar-refractivity contribution in [2.24, 2.45) is 0 Å². The predicted molar refractivity (Wildman–Crippen MR) is 105 cm³/mol. The maximum absolute atomic E-state index is 12.6. The van der Waals surface area contributed by atoms with E-state index in [0.29, 0.717) is 5.75 Å². The quantitative estimate of drug-likeness (QED) is 0.696. The summed E-state index contributed by atoms with van der Waals surface area (Å²) in [5, 5.41) is 0. The van der Waals surface area contributed by atoms with E-state index < -0.39 is 10.0 Å². The Hall–Kier alpha value is -2.25. The topological polar surface area (TPSA) is 73.9 Å². The number of sulfonamides is 1. The van der Waals surface area contributed by atoms with Crippen LogP contribution in [-0.4, -0.2) is 35.8 Å². The molecule has 1 N–H and O–H groups in total. The summed E-state index contributed by atoms with van der Waals surface area (Å²) < 4.78 is 43.8. The number of rotatable bonds is 8. The van der Waals surface area contributed by atoms with Crippen LogP contribution < -0.4 is 18.9 Å². The monoisotopic (exact) mass is 393 g/mol. The van der Waals surface area contributed by atoms with Crippen LogP contribution >= 0.6 is 0 Å². The molecule has 0 amide bonds. The van der Waals surface area contributed by atoms with E-state index >= 15 is 0 Å². The van der Waals surface area contributed by atoms with E-state index in [1.807, 2.05) is 24.3 Å². The molecule has 148 valence electrons. The van der Waals surface area contributed by atoms with Gasteiger partial charge in [0.05, 0.1) is 14.2 Å². The van der Waals surface area contributed by atoms with E-state index in [2.05, 4.69) is 25.5 Å². The minimum absolute atomic E-state index is 0.0273. The molecule has 0 aliphatic carbocycles. The second-order valence-electron chi connectivity index (χ2n) is 7.01. The van der Waals surface area contributed by atoms with Crippen LogP contribution in [0.1, 0.15) is 26.3 Å². The van der Waals surface area contributed by atoms with Gasteiger partial charge in [0.25, 0.3) is 0 Å². The first-order chi connectivity index (χ1) is 12.7. The number of methoxy groups -OCH3 is 2. The summed E-state index contributed by atoms with van der Waals surface area (Å²) in [4.78, 5) is 0.0273. The first-order valence-corrected chi connectivity index (χ1v) is 10.1. The lowest BCUT2D eigenvalue weighted by Gasteiger charge is -2.22. The molecule has 2 rings (SSSR count). The van der Waals surface area contributed by atoms with Crippen molar-refractivity contribution in [3.05, 3.63) is 48.0 Å². The lowest BCUT2D eigenvalue weighted by molar-refractivity contribution is 0.313. The zero-order chi connectivity index (χ0) is 20.1. The first kappa shape index (κ1) is 21.1. The van der Waals surface area contributed by atoms with Crippen molar-refractivity contribution in [3.8, 4) is 17.2 Å². The van der Waals surface area contributed by atoms with Crippen LogP contribution in [0.15, 0.2) is 47.4 Å². The van der Waals surface area contributed by atoms with Gasteiger partial charge in [-0.05, 0) is 29.2 Å². The van der Waals surface area contributed by atoms with Gasteiger partial charge in [0.2, 0.25) is 10.0 Å². The van der Waals surface area contributed by atoms with Gasteiger partial charge in [0.15, 0.2) is 0 Å². The Morgan fingerprint density at radius 2 is 1.67 bits per heavy atom. The van der Waals surface area contributed by atoms with Crippen LogP contribution in [0.3, 0.4) is 0 Å². The third-order valence-corrected chi connectivity index (χ3v) is 5.49. The van der Waals surface area contributed by atoms with Gasteiger partial charge in [0.1, 0.15) is 28.8 Å². The van der Waals surface area contributed by atoms with Crippen molar-refractivity contribution < 1.29 is 22.6 Å². The Morgan fingerprint density at radius 1 is 0.963 bits per heavy atom. The average molecular weight is 394 g/mol. The second-order valence-corrected chi connectivity index (χ2v) is 8.74. The zero-order valence-electron chi connectivity index (χ0n) is 16.4. The molecule has 0 bridgehead atoms. The van der Waals surface area contributed by atoms with E-state index in [4.69, 9.17) is 14.2 Å². The highest BCUT2D eigenvalue weighted by atomic mass is 32.2. The number of para-hydroxylation sites is 1.